The molecule has 1 aromatic rings. The van der Waals surface area contributed by atoms with Gasteiger partial charge in [-0.15, -0.1) is 0 Å². The lowest BCUT2D eigenvalue weighted by atomic mass is 9.77. The van der Waals surface area contributed by atoms with Gasteiger partial charge in [-0.25, -0.2) is 0 Å². The molecule has 0 aromatic heterocycles. The van der Waals surface area contributed by atoms with Gasteiger partial charge in [0.25, 0.3) is 0 Å². The molecule has 2 nitrogen and oxygen atoms in total. The molecule has 0 saturated carbocycles. The van der Waals surface area contributed by atoms with Crippen LogP contribution in [0.2, 0.25) is 0 Å². The first-order valence-electron chi connectivity index (χ1n) is 6.73. The molecule has 0 bridgehead atoms. The average Bonchev–Trinajstić information content (AvgIpc) is 2.47. The number of ether oxygens (including phenoxy) is 1. The van der Waals surface area contributed by atoms with E-state index in [1.54, 1.807) is 0 Å². The lowest BCUT2D eigenvalue weighted by Gasteiger charge is -2.30. The van der Waals surface area contributed by atoms with E-state index in [2.05, 4.69) is 37.3 Å². The van der Waals surface area contributed by atoms with Gasteiger partial charge in [0.05, 0.1) is 0 Å². The lowest BCUT2D eigenvalue weighted by Crippen LogP contribution is -2.26. The summed E-state index contributed by atoms with van der Waals surface area (Å²) in [5, 5.41) is 0. The topological polar surface area (TPSA) is 26.3 Å². The van der Waals surface area contributed by atoms with E-state index in [-0.39, 0.29) is 11.4 Å². The van der Waals surface area contributed by atoms with Gasteiger partial charge >= 0.3 is 5.97 Å². The van der Waals surface area contributed by atoms with Crippen molar-refractivity contribution < 1.29 is 9.53 Å². The molecule has 2 heteroatoms. The Morgan fingerprint density at radius 3 is 2.58 bits per heavy atom. The summed E-state index contributed by atoms with van der Waals surface area (Å²) in [6.07, 6.45) is 8.46. The molecule has 1 unspecified atom stereocenters. The maximum absolute atomic E-state index is 11.0. The Morgan fingerprint density at radius 1 is 1.32 bits per heavy atom. The first-order chi connectivity index (χ1) is 9.15. The molecule has 0 amide bonds. The van der Waals surface area contributed by atoms with Crippen molar-refractivity contribution in [3.63, 3.8) is 0 Å². The minimum Gasteiger partial charge on any atom is -0.465 e. The molecule has 0 fully saturated rings. The number of carbonyl (C=O) groups excluding carboxylic acids is 1. The fourth-order valence-corrected chi connectivity index (χ4v) is 2.28. The van der Waals surface area contributed by atoms with Crippen LogP contribution in [0.25, 0.3) is 5.57 Å². The fraction of sp³-hybridized carbons (Fsp3) is 0.353. The summed E-state index contributed by atoms with van der Waals surface area (Å²) in [6, 6.07) is 10.3. The second-order valence-corrected chi connectivity index (χ2v) is 5.06. The van der Waals surface area contributed by atoms with E-state index in [0.29, 0.717) is 6.61 Å². The molecule has 1 aliphatic rings. The van der Waals surface area contributed by atoms with Crippen LogP contribution in [0.3, 0.4) is 0 Å². The third-order valence-electron chi connectivity index (χ3n) is 3.72. The molecule has 0 aliphatic heterocycles. The first-order valence-corrected chi connectivity index (χ1v) is 6.73. The van der Waals surface area contributed by atoms with Crippen LogP contribution in [0, 0.1) is 5.41 Å². The average molecular weight is 256 g/mol. The van der Waals surface area contributed by atoms with E-state index in [1.165, 1.54) is 18.1 Å². The van der Waals surface area contributed by atoms with Crippen molar-refractivity contribution in [1.29, 1.82) is 0 Å². The summed E-state index contributed by atoms with van der Waals surface area (Å²) >= 11 is 0. The van der Waals surface area contributed by atoms with Crippen molar-refractivity contribution in [2.24, 2.45) is 5.41 Å². The number of hydrogen-bond acceptors (Lipinski definition) is 2. The highest BCUT2D eigenvalue weighted by atomic mass is 16.5. The molecule has 1 aromatic carbocycles. The summed E-state index contributed by atoms with van der Waals surface area (Å²) in [6.45, 7) is 4.06. The van der Waals surface area contributed by atoms with Gasteiger partial charge in [-0.1, -0.05) is 55.5 Å². The van der Waals surface area contributed by atoms with Gasteiger partial charge in [0.15, 0.2) is 0 Å². The van der Waals surface area contributed by atoms with Gasteiger partial charge in [0.1, 0.15) is 6.61 Å². The van der Waals surface area contributed by atoms with Crippen LogP contribution in [-0.4, -0.2) is 12.6 Å². The zero-order valence-electron chi connectivity index (χ0n) is 11.6. The summed E-state index contributed by atoms with van der Waals surface area (Å²) < 4.78 is 5.20. The molecule has 1 atom stereocenters. The lowest BCUT2D eigenvalue weighted by molar-refractivity contribution is -0.143. The molecule has 0 saturated heterocycles. The quantitative estimate of drug-likeness (QED) is 0.761. The Labute approximate surface area is 114 Å². The van der Waals surface area contributed by atoms with E-state index in [0.717, 1.165) is 12.8 Å². The number of esters is 1. The molecule has 0 spiro atoms. The Hall–Kier alpha value is -1.83. The monoisotopic (exact) mass is 256 g/mol. The van der Waals surface area contributed by atoms with Crippen molar-refractivity contribution in [3.8, 4) is 0 Å². The predicted octanol–water partition coefficient (Wildman–Crippen LogP) is 3.99. The van der Waals surface area contributed by atoms with Crippen LogP contribution >= 0.6 is 0 Å². The Kier molecular flexibility index (Phi) is 4.20. The second kappa shape index (κ2) is 5.87. The second-order valence-electron chi connectivity index (χ2n) is 5.06. The number of allylic oxidation sites excluding steroid dienone is 3. The molecular formula is C17H20O2. The molecule has 100 valence electrons. The van der Waals surface area contributed by atoms with Crippen molar-refractivity contribution in [1.82, 2.24) is 0 Å². The highest BCUT2D eigenvalue weighted by molar-refractivity contribution is 5.75. The van der Waals surface area contributed by atoms with Gasteiger partial charge in [0, 0.05) is 12.3 Å². The van der Waals surface area contributed by atoms with Crippen LogP contribution < -0.4 is 0 Å². The molecule has 0 heterocycles. The molecule has 0 radical (unpaired) electrons. The molecule has 19 heavy (non-hydrogen) atoms. The molecule has 1 aliphatic carbocycles. The Balaban J connectivity index is 2.10. The van der Waals surface area contributed by atoms with Gasteiger partial charge in [-0.05, 0) is 24.0 Å². The summed E-state index contributed by atoms with van der Waals surface area (Å²) in [5.41, 5.74) is 2.44. The number of rotatable bonds is 4. The molecular weight excluding hydrogens is 236 g/mol. The SMILES string of the molecule is CCC1(COC(C)=O)C=CC(c2ccccc2)=CC1. The van der Waals surface area contributed by atoms with Gasteiger partial charge in [0.2, 0.25) is 0 Å². The van der Waals surface area contributed by atoms with E-state index >= 15 is 0 Å². The minimum absolute atomic E-state index is 0.0377. The van der Waals surface area contributed by atoms with Crippen molar-refractivity contribution in [2.45, 2.75) is 26.7 Å². The van der Waals surface area contributed by atoms with Crippen LogP contribution in [-0.2, 0) is 9.53 Å². The highest BCUT2D eigenvalue weighted by Gasteiger charge is 2.28. The summed E-state index contributed by atoms with van der Waals surface area (Å²) in [7, 11) is 0. The maximum Gasteiger partial charge on any atom is 0.302 e. The smallest absolute Gasteiger partial charge is 0.302 e. The largest absolute Gasteiger partial charge is 0.465 e. The van der Waals surface area contributed by atoms with E-state index in [4.69, 9.17) is 4.74 Å². The number of benzene rings is 1. The minimum atomic E-state index is -0.209. The van der Waals surface area contributed by atoms with Crippen molar-refractivity contribution in [2.75, 3.05) is 6.61 Å². The van der Waals surface area contributed by atoms with Crippen molar-refractivity contribution >= 4 is 11.5 Å². The van der Waals surface area contributed by atoms with Crippen molar-refractivity contribution in [3.05, 3.63) is 54.1 Å². The van der Waals surface area contributed by atoms with Crippen LogP contribution in [0.15, 0.2) is 48.6 Å². The van der Waals surface area contributed by atoms with Crippen LogP contribution in [0.1, 0.15) is 32.3 Å². The van der Waals surface area contributed by atoms with Crippen LogP contribution in [0.4, 0.5) is 0 Å². The summed E-state index contributed by atoms with van der Waals surface area (Å²) in [5.74, 6) is -0.209. The zero-order valence-corrected chi connectivity index (χ0v) is 11.6. The van der Waals surface area contributed by atoms with Crippen LogP contribution in [0.5, 0.6) is 0 Å². The summed E-state index contributed by atoms with van der Waals surface area (Å²) in [4.78, 5) is 11.0. The predicted molar refractivity (Wildman–Crippen MR) is 77.5 cm³/mol. The number of hydrogen-bond donors (Lipinski definition) is 0. The molecule has 2 rings (SSSR count). The van der Waals surface area contributed by atoms with Gasteiger partial charge < -0.3 is 4.74 Å². The highest BCUT2D eigenvalue weighted by Crippen LogP contribution is 2.36. The third kappa shape index (κ3) is 3.34. The Morgan fingerprint density at radius 2 is 2.05 bits per heavy atom. The van der Waals surface area contributed by atoms with Gasteiger partial charge in [-0.3, -0.25) is 4.79 Å². The van der Waals surface area contributed by atoms with E-state index in [1.807, 2.05) is 18.2 Å². The Bertz CT molecular complexity index is 499. The first kappa shape index (κ1) is 13.6. The third-order valence-corrected chi connectivity index (χ3v) is 3.72. The fourth-order valence-electron chi connectivity index (χ4n) is 2.28. The van der Waals surface area contributed by atoms with Gasteiger partial charge in [-0.2, -0.15) is 0 Å². The van der Waals surface area contributed by atoms with E-state index < -0.39 is 0 Å². The standard InChI is InChI=1S/C17H20O2/c1-3-17(13-19-14(2)18)11-9-16(10-12-17)15-7-5-4-6-8-15/h4-11H,3,12-13H2,1-2H3. The van der Waals surface area contributed by atoms with E-state index in [9.17, 15) is 4.79 Å². The zero-order chi connectivity index (χ0) is 13.7. The molecule has 0 N–H and O–H groups in total. The number of carbonyl (C=O) groups is 1. The normalized spacial score (nSPS) is 21.9. The maximum atomic E-state index is 11.0.